The highest BCUT2D eigenvalue weighted by atomic mass is 32.2. The number of halogens is 2. The molecule has 0 aliphatic rings. The van der Waals surface area contributed by atoms with Crippen molar-refractivity contribution in [2.24, 2.45) is 5.41 Å². The number of quaternary nitrogens is 1. The van der Waals surface area contributed by atoms with E-state index in [1.807, 2.05) is 27.9 Å². The Morgan fingerprint density at radius 1 is 1.25 bits per heavy atom. The molecule has 0 amide bonds. The first kappa shape index (κ1) is 17.0. The highest BCUT2D eigenvalue weighted by Crippen LogP contribution is 2.17. The highest BCUT2D eigenvalue weighted by molar-refractivity contribution is 7.89. The fourth-order valence-electron chi connectivity index (χ4n) is 2.07. The van der Waals surface area contributed by atoms with Gasteiger partial charge >= 0.3 is 0 Å². The lowest BCUT2D eigenvalue weighted by molar-refractivity contribution is -0.865. The molecule has 0 saturated heterocycles. The van der Waals surface area contributed by atoms with Gasteiger partial charge in [-0.15, -0.1) is 0 Å². The Morgan fingerprint density at radius 3 is 2.40 bits per heavy atom. The second-order valence-corrected chi connectivity index (χ2v) is 7.68. The van der Waals surface area contributed by atoms with E-state index >= 15 is 0 Å². The molecule has 0 spiro atoms. The second kappa shape index (κ2) is 6.15. The van der Waals surface area contributed by atoms with Crippen LogP contribution in [0.5, 0.6) is 0 Å². The van der Waals surface area contributed by atoms with Gasteiger partial charge in [-0.1, -0.05) is 13.8 Å². The summed E-state index contributed by atoms with van der Waals surface area (Å²) < 4.78 is 52.9. The maximum atomic E-state index is 13.5. The Balaban J connectivity index is 2.88. The van der Waals surface area contributed by atoms with Crippen molar-refractivity contribution in [1.82, 2.24) is 4.72 Å². The lowest BCUT2D eigenvalue weighted by Gasteiger charge is -2.26. The molecule has 0 saturated carbocycles. The smallest absolute Gasteiger partial charge is 0.243 e. The second-order valence-electron chi connectivity index (χ2n) is 5.95. The Labute approximate surface area is 118 Å². The largest absolute Gasteiger partial charge is 0.339 e. The maximum absolute atomic E-state index is 13.5. The minimum atomic E-state index is -4.06. The summed E-state index contributed by atoms with van der Waals surface area (Å²) in [6, 6.07) is 2.37. The lowest BCUT2D eigenvalue weighted by atomic mass is 9.93. The van der Waals surface area contributed by atoms with Crippen molar-refractivity contribution < 1.29 is 22.1 Å². The van der Waals surface area contributed by atoms with Crippen molar-refractivity contribution in [2.45, 2.75) is 18.7 Å². The molecule has 0 fully saturated rings. The van der Waals surface area contributed by atoms with Gasteiger partial charge in [0.05, 0.1) is 20.6 Å². The molecule has 1 rings (SSSR count). The molecule has 2 N–H and O–H groups in total. The molecule has 20 heavy (non-hydrogen) atoms. The minimum Gasteiger partial charge on any atom is -0.339 e. The van der Waals surface area contributed by atoms with Gasteiger partial charge in [0.15, 0.2) is 0 Å². The van der Waals surface area contributed by atoms with E-state index in [0.29, 0.717) is 6.07 Å². The first-order valence-electron chi connectivity index (χ1n) is 6.27. The molecule has 7 heteroatoms. The van der Waals surface area contributed by atoms with Crippen molar-refractivity contribution in [2.75, 3.05) is 27.2 Å². The van der Waals surface area contributed by atoms with Gasteiger partial charge in [0.2, 0.25) is 10.0 Å². The van der Waals surface area contributed by atoms with E-state index < -0.39 is 26.6 Å². The molecule has 0 bridgehead atoms. The van der Waals surface area contributed by atoms with E-state index in [1.165, 1.54) is 4.90 Å². The molecular weight excluding hydrogens is 286 g/mol. The van der Waals surface area contributed by atoms with Gasteiger partial charge in [0.1, 0.15) is 16.5 Å². The number of hydrogen-bond acceptors (Lipinski definition) is 2. The van der Waals surface area contributed by atoms with Crippen LogP contribution in [0.1, 0.15) is 13.8 Å². The predicted molar refractivity (Wildman–Crippen MR) is 73.0 cm³/mol. The van der Waals surface area contributed by atoms with Gasteiger partial charge in [0, 0.05) is 12.0 Å². The van der Waals surface area contributed by atoms with E-state index in [0.717, 1.165) is 18.7 Å². The van der Waals surface area contributed by atoms with E-state index in [2.05, 4.69) is 4.72 Å². The Bertz CT molecular complexity index is 572. The van der Waals surface area contributed by atoms with Gasteiger partial charge in [0.25, 0.3) is 0 Å². The van der Waals surface area contributed by atoms with Crippen LogP contribution < -0.4 is 9.62 Å². The number of hydrogen-bond donors (Lipinski definition) is 2. The van der Waals surface area contributed by atoms with E-state index in [1.54, 1.807) is 0 Å². The third-order valence-electron chi connectivity index (χ3n) is 2.76. The summed E-state index contributed by atoms with van der Waals surface area (Å²) in [5, 5.41) is 0. The van der Waals surface area contributed by atoms with Crippen LogP contribution in [0.2, 0.25) is 0 Å². The third-order valence-corrected chi connectivity index (χ3v) is 4.17. The van der Waals surface area contributed by atoms with Gasteiger partial charge in [-0.05, 0) is 18.2 Å². The average Bonchev–Trinajstić information content (AvgIpc) is 2.28. The van der Waals surface area contributed by atoms with E-state index in [9.17, 15) is 17.2 Å². The molecule has 4 nitrogen and oxygen atoms in total. The first-order chi connectivity index (χ1) is 9.03. The summed E-state index contributed by atoms with van der Waals surface area (Å²) in [5.41, 5.74) is -0.296. The number of sulfonamides is 1. The van der Waals surface area contributed by atoms with Crippen molar-refractivity contribution in [3.05, 3.63) is 29.8 Å². The topological polar surface area (TPSA) is 50.6 Å². The molecule has 1 aromatic carbocycles. The van der Waals surface area contributed by atoms with Crippen LogP contribution in [0, 0.1) is 17.0 Å². The van der Waals surface area contributed by atoms with Gasteiger partial charge in [-0.25, -0.2) is 21.9 Å². The van der Waals surface area contributed by atoms with Crippen LogP contribution >= 0.6 is 0 Å². The lowest BCUT2D eigenvalue weighted by Crippen LogP contribution is -3.07. The number of rotatable bonds is 6. The van der Waals surface area contributed by atoms with Gasteiger partial charge in [-0.2, -0.15) is 0 Å². The van der Waals surface area contributed by atoms with Gasteiger partial charge < -0.3 is 4.90 Å². The van der Waals surface area contributed by atoms with Crippen LogP contribution in [0.15, 0.2) is 23.1 Å². The van der Waals surface area contributed by atoms with Crippen molar-refractivity contribution in [3.63, 3.8) is 0 Å². The molecule has 0 atom stereocenters. The van der Waals surface area contributed by atoms with Crippen LogP contribution in [0.4, 0.5) is 8.78 Å². The molecule has 0 radical (unpaired) electrons. The molecule has 0 aliphatic carbocycles. The van der Waals surface area contributed by atoms with Gasteiger partial charge in [-0.3, -0.25) is 0 Å². The quantitative estimate of drug-likeness (QED) is 0.800. The fraction of sp³-hybridized carbons (Fsp3) is 0.538. The third kappa shape index (κ3) is 4.81. The summed E-state index contributed by atoms with van der Waals surface area (Å²) in [4.78, 5) is 0.511. The standard InChI is InChI=1S/C13H20F2N2O2S/c1-13(2,9-17(3)4)8-16-20(18,19)12-7-10(14)5-6-11(12)15/h5-7,16H,8-9H2,1-4H3/p+1. The number of benzene rings is 1. The first-order valence-corrected chi connectivity index (χ1v) is 7.75. The Kier molecular flexibility index (Phi) is 5.23. The molecule has 114 valence electrons. The van der Waals surface area contributed by atoms with Crippen LogP contribution in [-0.4, -0.2) is 35.6 Å². The molecule has 0 unspecified atom stereocenters. The highest BCUT2D eigenvalue weighted by Gasteiger charge is 2.26. The normalized spacial score (nSPS) is 12.9. The van der Waals surface area contributed by atoms with Crippen LogP contribution in [-0.2, 0) is 10.0 Å². The van der Waals surface area contributed by atoms with Crippen molar-refractivity contribution in [3.8, 4) is 0 Å². The molecule has 0 aromatic heterocycles. The fourth-order valence-corrected chi connectivity index (χ4v) is 3.40. The predicted octanol–water partition coefficient (Wildman–Crippen LogP) is 0.414. The van der Waals surface area contributed by atoms with E-state index in [4.69, 9.17) is 0 Å². The molecular formula is C13H21F2N2O2S+. The van der Waals surface area contributed by atoms with Crippen LogP contribution in [0.25, 0.3) is 0 Å². The maximum Gasteiger partial charge on any atom is 0.243 e. The number of nitrogens with one attached hydrogen (secondary N) is 2. The summed E-state index contributed by atoms with van der Waals surface area (Å²) in [6.07, 6.45) is 0. The summed E-state index contributed by atoms with van der Waals surface area (Å²) in [7, 11) is -0.135. The Morgan fingerprint density at radius 2 is 1.85 bits per heavy atom. The summed E-state index contributed by atoms with van der Waals surface area (Å²) in [6.45, 7) is 4.70. The molecule has 1 aromatic rings. The zero-order valence-electron chi connectivity index (χ0n) is 12.1. The average molecular weight is 307 g/mol. The zero-order valence-corrected chi connectivity index (χ0v) is 12.9. The zero-order chi connectivity index (χ0) is 15.6. The van der Waals surface area contributed by atoms with Crippen LogP contribution in [0.3, 0.4) is 0 Å². The minimum absolute atomic E-state index is 0.149. The summed E-state index contributed by atoms with van der Waals surface area (Å²) in [5.74, 6) is -1.75. The summed E-state index contributed by atoms with van der Waals surface area (Å²) >= 11 is 0. The SMILES string of the molecule is C[NH+](C)CC(C)(C)CNS(=O)(=O)c1cc(F)ccc1F. The molecule has 0 heterocycles. The molecule has 0 aliphatic heterocycles. The van der Waals surface area contributed by atoms with Crippen molar-refractivity contribution in [1.29, 1.82) is 0 Å². The van der Waals surface area contributed by atoms with Crippen molar-refractivity contribution >= 4 is 10.0 Å². The van der Waals surface area contributed by atoms with E-state index in [-0.39, 0.29) is 12.0 Å². The monoisotopic (exact) mass is 307 g/mol. The Hall–Kier alpha value is -1.05.